The maximum atomic E-state index is 14.2. The normalized spacial score (nSPS) is 14.1. The van der Waals surface area contributed by atoms with E-state index in [0.717, 1.165) is 6.92 Å². The number of carbonyl (C=O) groups excluding carboxylic acids is 9. The SMILES string of the molecule is CC(C)C[C@H](NC(=O)[C@H](CCCC(=O)O)NC(=O)CCl)C(=O)N[C@@H](Cc1ccc(O)cc1)C(=O)N[C@@](C)(CC(=O)O)C(=O)N[C@@H](CC(N)=O)C(=O)NCCCCC(=O)N[C@@H](CS)C(N)=O. The third kappa shape index (κ3) is 22.3. The number of thiol groups is 1. The molecule has 0 saturated heterocycles. The number of carboxylic acids is 2. The first-order valence-corrected chi connectivity index (χ1v) is 21.6. The lowest BCUT2D eigenvalue weighted by Gasteiger charge is -2.32. The minimum atomic E-state index is -2.37. The van der Waals surface area contributed by atoms with Crippen LogP contribution in [0, 0.1) is 5.92 Å². The number of carboxylic acid groups (broad SMARTS) is 2. The van der Waals surface area contributed by atoms with E-state index in [0.29, 0.717) is 5.56 Å². The average molecular weight is 958 g/mol. The van der Waals surface area contributed by atoms with E-state index in [4.69, 9.17) is 28.2 Å². The molecular weight excluding hydrogens is 898 g/mol. The Kier molecular flexibility index (Phi) is 25.0. The molecule has 6 atom stereocenters. The third-order valence-electron chi connectivity index (χ3n) is 9.43. The molecule has 65 heavy (non-hydrogen) atoms. The summed E-state index contributed by atoms with van der Waals surface area (Å²) < 4.78 is 0. The van der Waals surface area contributed by atoms with Gasteiger partial charge in [0.15, 0.2) is 0 Å². The van der Waals surface area contributed by atoms with E-state index in [9.17, 15) is 63.0 Å². The van der Waals surface area contributed by atoms with Gasteiger partial charge < -0.3 is 64.0 Å². The number of hydrogen-bond donors (Lipinski definition) is 13. The third-order valence-corrected chi connectivity index (χ3v) is 10.0. The smallest absolute Gasteiger partial charge is 0.306 e. The van der Waals surface area contributed by atoms with Crippen molar-refractivity contribution in [2.24, 2.45) is 17.4 Å². The minimum absolute atomic E-state index is 0.0119. The number of primary amides is 2. The van der Waals surface area contributed by atoms with Gasteiger partial charge in [-0.25, -0.2) is 0 Å². The summed E-state index contributed by atoms with van der Waals surface area (Å²) in [6.45, 7) is 4.42. The number of alkyl halides is 1. The molecule has 0 aliphatic rings. The van der Waals surface area contributed by atoms with Crippen LogP contribution in [0.3, 0.4) is 0 Å². The number of aromatic hydroxyl groups is 1. The van der Waals surface area contributed by atoms with Crippen molar-refractivity contribution in [2.75, 3.05) is 18.2 Å². The number of hydrogen-bond acceptors (Lipinski definition) is 13. The van der Waals surface area contributed by atoms with E-state index in [1.165, 1.54) is 24.3 Å². The fraction of sp³-hybridized carbons (Fsp3) is 0.575. The summed E-state index contributed by atoms with van der Waals surface area (Å²) >= 11 is 9.56. The van der Waals surface area contributed by atoms with E-state index in [2.05, 4.69) is 49.8 Å². The van der Waals surface area contributed by atoms with Gasteiger partial charge in [0, 0.05) is 31.6 Å². The van der Waals surface area contributed by atoms with Gasteiger partial charge in [-0.3, -0.25) is 52.7 Å². The number of carbonyl (C=O) groups is 11. The molecule has 14 N–H and O–H groups in total. The highest BCUT2D eigenvalue weighted by Crippen LogP contribution is 2.16. The largest absolute Gasteiger partial charge is 0.508 e. The van der Waals surface area contributed by atoms with Crippen LogP contribution in [0.2, 0.25) is 0 Å². The van der Waals surface area contributed by atoms with Crippen molar-refractivity contribution < 1.29 is 68.1 Å². The number of unbranched alkanes of at least 4 members (excludes halogenated alkanes) is 1. The Morgan fingerprint density at radius 2 is 1.31 bits per heavy atom. The van der Waals surface area contributed by atoms with Gasteiger partial charge in [0.25, 0.3) is 0 Å². The number of amides is 9. The van der Waals surface area contributed by atoms with E-state index in [1.54, 1.807) is 13.8 Å². The van der Waals surface area contributed by atoms with Gasteiger partial charge in [-0.15, -0.1) is 11.6 Å². The summed E-state index contributed by atoms with van der Waals surface area (Å²) in [6, 6.07) is -1.48. The zero-order chi connectivity index (χ0) is 49.4. The number of aliphatic carboxylic acids is 2. The molecule has 0 radical (unpaired) electrons. The Hall–Kier alpha value is -6.17. The number of nitrogens with one attached hydrogen (secondary N) is 7. The molecule has 0 unspecified atom stereocenters. The molecule has 0 fully saturated rings. The van der Waals surface area contributed by atoms with E-state index in [1.807, 2.05) is 0 Å². The quantitative estimate of drug-likeness (QED) is 0.0214. The van der Waals surface area contributed by atoms with Crippen molar-refractivity contribution in [3.05, 3.63) is 29.8 Å². The number of phenolic OH excluding ortho intramolecular Hbond substituents is 1. The lowest BCUT2D eigenvalue weighted by Crippen LogP contribution is -2.64. The zero-order valence-corrected chi connectivity index (χ0v) is 37.9. The van der Waals surface area contributed by atoms with Crippen LogP contribution in [-0.2, 0) is 59.2 Å². The topological polar surface area (TPSA) is 385 Å². The first-order valence-electron chi connectivity index (χ1n) is 20.5. The maximum absolute atomic E-state index is 14.2. The summed E-state index contributed by atoms with van der Waals surface area (Å²) in [5.41, 5.74) is 8.54. The van der Waals surface area contributed by atoms with Crippen molar-refractivity contribution in [1.29, 1.82) is 0 Å². The predicted octanol–water partition coefficient (Wildman–Crippen LogP) is -2.17. The summed E-state index contributed by atoms with van der Waals surface area (Å²) in [7, 11) is 0. The molecule has 0 heterocycles. The summed E-state index contributed by atoms with van der Waals surface area (Å²) in [6.07, 6.45) is -2.24. The molecule has 0 aromatic heterocycles. The molecule has 362 valence electrons. The predicted molar refractivity (Wildman–Crippen MR) is 236 cm³/mol. The zero-order valence-electron chi connectivity index (χ0n) is 36.3. The van der Waals surface area contributed by atoms with Crippen LogP contribution < -0.4 is 48.7 Å². The van der Waals surface area contributed by atoms with Crippen molar-refractivity contribution in [3.63, 3.8) is 0 Å². The second-order valence-electron chi connectivity index (χ2n) is 15.7. The molecule has 1 aromatic carbocycles. The molecule has 25 heteroatoms. The highest BCUT2D eigenvalue weighted by atomic mass is 35.5. The molecule has 1 aromatic rings. The maximum Gasteiger partial charge on any atom is 0.306 e. The van der Waals surface area contributed by atoms with Crippen LogP contribution in [0.4, 0.5) is 0 Å². The van der Waals surface area contributed by atoms with Gasteiger partial charge in [0.05, 0.1) is 12.8 Å². The highest BCUT2D eigenvalue weighted by molar-refractivity contribution is 7.80. The van der Waals surface area contributed by atoms with E-state index in [-0.39, 0.29) is 75.3 Å². The molecule has 0 spiro atoms. The highest BCUT2D eigenvalue weighted by Gasteiger charge is 2.41. The van der Waals surface area contributed by atoms with E-state index >= 15 is 0 Å². The van der Waals surface area contributed by atoms with Gasteiger partial charge in [0.2, 0.25) is 53.2 Å². The lowest BCUT2D eigenvalue weighted by molar-refractivity contribution is -0.145. The molecule has 23 nitrogen and oxygen atoms in total. The van der Waals surface area contributed by atoms with Crippen molar-refractivity contribution in [1.82, 2.24) is 37.2 Å². The molecule has 0 saturated carbocycles. The molecule has 0 aliphatic heterocycles. The van der Waals surface area contributed by atoms with Gasteiger partial charge in [-0.2, -0.15) is 12.6 Å². The van der Waals surface area contributed by atoms with Crippen molar-refractivity contribution in [3.8, 4) is 5.75 Å². The molecule has 1 rings (SSSR count). The van der Waals surface area contributed by atoms with Crippen LogP contribution in [-0.4, -0.2) is 134 Å². The average Bonchev–Trinajstić information content (AvgIpc) is 3.20. The Labute approximate surface area is 385 Å². The fourth-order valence-corrected chi connectivity index (χ4v) is 6.42. The molecular formula is C40H60ClN9O14S. The second-order valence-corrected chi connectivity index (χ2v) is 16.3. The van der Waals surface area contributed by atoms with Gasteiger partial charge in [0.1, 0.15) is 47.4 Å². The molecule has 9 amide bonds. The first kappa shape index (κ1) is 56.8. The van der Waals surface area contributed by atoms with E-state index < -0.39 is 120 Å². The fourth-order valence-electron chi connectivity index (χ4n) is 6.07. The van der Waals surface area contributed by atoms with Crippen LogP contribution in [0.15, 0.2) is 24.3 Å². The van der Waals surface area contributed by atoms with Crippen molar-refractivity contribution >= 4 is 89.3 Å². The number of nitrogens with two attached hydrogens (primary N) is 2. The molecule has 0 bridgehead atoms. The summed E-state index contributed by atoms with van der Waals surface area (Å²) in [4.78, 5) is 139. The van der Waals surface area contributed by atoms with Crippen LogP contribution in [0.1, 0.15) is 84.1 Å². The lowest BCUT2D eigenvalue weighted by atomic mass is 9.94. The van der Waals surface area contributed by atoms with Crippen LogP contribution in [0.25, 0.3) is 0 Å². The number of halogens is 1. The summed E-state index contributed by atoms with van der Waals surface area (Å²) in [5, 5.41) is 45.7. The van der Waals surface area contributed by atoms with Gasteiger partial charge >= 0.3 is 11.9 Å². The Balaban J connectivity index is 3.39. The summed E-state index contributed by atoms with van der Waals surface area (Å²) in [5.74, 6) is -11.8. The van der Waals surface area contributed by atoms with Crippen molar-refractivity contribution in [2.45, 2.75) is 121 Å². The van der Waals surface area contributed by atoms with Crippen LogP contribution in [0.5, 0.6) is 5.75 Å². The monoisotopic (exact) mass is 957 g/mol. The van der Waals surface area contributed by atoms with Crippen LogP contribution >= 0.6 is 24.2 Å². The Morgan fingerprint density at radius 3 is 1.85 bits per heavy atom. The number of benzene rings is 1. The number of phenols is 1. The van der Waals surface area contributed by atoms with Gasteiger partial charge in [-0.1, -0.05) is 26.0 Å². The number of rotatable bonds is 31. The Bertz CT molecular complexity index is 1870. The first-order chi connectivity index (χ1) is 30.4. The second kappa shape index (κ2) is 28.6. The molecule has 0 aliphatic carbocycles. The standard InChI is InChI=1S/C40H60ClN9O14S/c1-21(2)15-25(47-36(61)24(45-31(54)19-41)7-6-9-32(55)56)37(62)48-26(16-22-10-12-23(51)13-11-22)38(63)50-40(3,18-33(57)58)39(64)49-27(17-29(42)52)35(60)44-14-5-4-8-30(53)46-28(20-65)34(43)59/h10-13,21,24-28,51,65H,4-9,14-20H2,1-3H3,(H2,42,52)(H2,43,59)(H,44,60)(H,45,54)(H,46,53)(H,47,61)(H,48,62)(H,49,64)(H,50,63)(H,55,56)(H,57,58)/t24-,25-,26-,27-,28-,40-/m0/s1. The van der Waals surface area contributed by atoms with Gasteiger partial charge in [-0.05, 0) is 62.6 Å². The Morgan fingerprint density at radius 1 is 0.708 bits per heavy atom. The minimum Gasteiger partial charge on any atom is -0.508 e.